The number of nitrogens with zero attached hydrogens (tertiary/aromatic N) is 5. The molecule has 0 aliphatic carbocycles. The lowest BCUT2D eigenvalue weighted by atomic mass is 9.80. The summed E-state index contributed by atoms with van der Waals surface area (Å²) in [6.07, 6.45) is 12.8. The predicted molar refractivity (Wildman–Crippen MR) is 121 cm³/mol. The lowest BCUT2D eigenvalue weighted by Crippen LogP contribution is -2.33. The van der Waals surface area contributed by atoms with Gasteiger partial charge in [-0.3, -0.25) is 0 Å². The van der Waals surface area contributed by atoms with E-state index in [-0.39, 0.29) is 0 Å². The first kappa shape index (κ1) is 20.0. The number of rotatable bonds is 5. The summed E-state index contributed by atoms with van der Waals surface area (Å²) >= 11 is 0. The number of hydrogen-bond acceptors (Lipinski definition) is 5. The molecule has 0 spiro atoms. The van der Waals surface area contributed by atoms with Gasteiger partial charge in [-0.05, 0) is 75.4 Å². The lowest BCUT2D eigenvalue weighted by Gasteiger charge is -2.32. The van der Waals surface area contributed by atoms with E-state index >= 15 is 0 Å². The van der Waals surface area contributed by atoms with Gasteiger partial charge in [0.15, 0.2) is 5.82 Å². The van der Waals surface area contributed by atoms with Crippen LogP contribution in [0, 0.1) is 12.8 Å². The van der Waals surface area contributed by atoms with Crippen LogP contribution in [0.5, 0.6) is 5.75 Å². The second kappa shape index (κ2) is 8.67. The molecular weight excluding hydrogens is 388 g/mol. The summed E-state index contributed by atoms with van der Waals surface area (Å²) in [7, 11) is 1.70. The van der Waals surface area contributed by atoms with Gasteiger partial charge in [-0.15, -0.1) is 0 Å². The van der Waals surface area contributed by atoms with Crippen LogP contribution in [0.15, 0.2) is 30.7 Å². The highest BCUT2D eigenvalue weighted by molar-refractivity contribution is 5.69. The Labute approximate surface area is 183 Å². The second-order valence-corrected chi connectivity index (χ2v) is 8.57. The van der Waals surface area contributed by atoms with Crippen molar-refractivity contribution in [2.24, 2.45) is 5.92 Å². The molecule has 0 radical (unpaired) electrons. The maximum absolute atomic E-state index is 5.63. The Balaban J connectivity index is 1.37. The number of imidazole rings is 1. The summed E-state index contributed by atoms with van der Waals surface area (Å²) in [4.78, 5) is 9.24. The summed E-state index contributed by atoms with van der Waals surface area (Å²) in [6, 6.07) is 6.17. The third-order valence-corrected chi connectivity index (χ3v) is 6.50. The van der Waals surface area contributed by atoms with Crippen molar-refractivity contribution in [2.45, 2.75) is 45.1 Å². The molecule has 2 aliphatic rings. The highest BCUT2D eigenvalue weighted by atomic mass is 16.5. The van der Waals surface area contributed by atoms with Crippen LogP contribution in [0.3, 0.4) is 0 Å². The van der Waals surface area contributed by atoms with Crippen LogP contribution >= 0.6 is 0 Å². The molecule has 3 aromatic rings. The molecule has 0 amide bonds. The fourth-order valence-corrected chi connectivity index (χ4v) is 4.90. The van der Waals surface area contributed by atoms with Crippen LogP contribution < -0.4 is 10.1 Å². The van der Waals surface area contributed by atoms with Gasteiger partial charge in [-0.25, -0.2) is 14.6 Å². The SMILES string of the molecule is COc1cc(/C=C/c2nc3n(n2)CCC[C@H]3C2CCNCC2)ccc1-n1cnc(C)c1. The maximum atomic E-state index is 5.63. The Morgan fingerprint density at radius 3 is 2.81 bits per heavy atom. The quantitative estimate of drug-likeness (QED) is 0.682. The smallest absolute Gasteiger partial charge is 0.174 e. The number of ether oxygens (including phenoxy) is 1. The molecule has 2 aliphatic heterocycles. The molecule has 1 fully saturated rings. The van der Waals surface area contributed by atoms with Crippen molar-refractivity contribution >= 4 is 12.2 Å². The molecule has 2 aromatic heterocycles. The molecule has 1 saturated heterocycles. The van der Waals surface area contributed by atoms with Crippen molar-refractivity contribution in [3.8, 4) is 11.4 Å². The van der Waals surface area contributed by atoms with Gasteiger partial charge in [0.1, 0.15) is 11.6 Å². The number of benzene rings is 1. The molecule has 7 nitrogen and oxygen atoms in total. The number of fused-ring (bicyclic) bond motifs is 1. The summed E-state index contributed by atoms with van der Waals surface area (Å²) in [5.74, 6) is 4.06. The highest BCUT2D eigenvalue weighted by Crippen LogP contribution is 2.36. The molecule has 0 saturated carbocycles. The van der Waals surface area contributed by atoms with E-state index in [1.165, 1.54) is 31.5 Å². The number of aryl methyl sites for hydroxylation is 2. The Kier molecular flexibility index (Phi) is 5.59. The molecule has 0 bridgehead atoms. The maximum Gasteiger partial charge on any atom is 0.174 e. The van der Waals surface area contributed by atoms with Crippen LogP contribution in [0.4, 0.5) is 0 Å². The largest absolute Gasteiger partial charge is 0.495 e. The van der Waals surface area contributed by atoms with Gasteiger partial charge in [0.05, 0.1) is 24.8 Å². The second-order valence-electron chi connectivity index (χ2n) is 8.57. The zero-order valence-corrected chi connectivity index (χ0v) is 18.3. The molecular formula is C24H30N6O. The topological polar surface area (TPSA) is 69.8 Å². The first-order chi connectivity index (χ1) is 15.2. The van der Waals surface area contributed by atoms with E-state index in [0.29, 0.717) is 5.92 Å². The van der Waals surface area contributed by atoms with E-state index in [1.54, 1.807) is 13.4 Å². The zero-order chi connectivity index (χ0) is 21.2. The van der Waals surface area contributed by atoms with Gasteiger partial charge in [-0.1, -0.05) is 12.1 Å². The summed E-state index contributed by atoms with van der Waals surface area (Å²) < 4.78 is 9.75. The Morgan fingerprint density at radius 2 is 2.03 bits per heavy atom. The fraction of sp³-hybridized carbons (Fsp3) is 0.458. The number of piperidine rings is 1. The molecule has 162 valence electrons. The van der Waals surface area contributed by atoms with Crippen molar-refractivity contribution in [1.82, 2.24) is 29.6 Å². The van der Waals surface area contributed by atoms with E-state index in [2.05, 4.69) is 33.2 Å². The van der Waals surface area contributed by atoms with Crippen molar-refractivity contribution in [2.75, 3.05) is 20.2 Å². The van der Waals surface area contributed by atoms with Crippen LogP contribution in [0.1, 0.15) is 54.5 Å². The average molecular weight is 419 g/mol. The van der Waals surface area contributed by atoms with Gasteiger partial charge >= 0.3 is 0 Å². The van der Waals surface area contributed by atoms with Crippen LogP contribution in [0.2, 0.25) is 0 Å². The summed E-state index contributed by atoms with van der Waals surface area (Å²) in [5.41, 5.74) is 3.00. The Bertz CT molecular complexity index is 1080. The first-order valence-electron chi connectivity index (χ1n) is 11.2. The third kappa shape index (κ3) is 4.14. The van der Waals surface area contributed by atoms with Gasteiger partial charge in [0, 0.05) is 18.7 Å². The van der Waals surface area contributed by atoms with Crippen LogP contribution in [-0.2, 0) is 6.54 Å². The zero-order valence-electron chi connectivity index (χ0n) is 18.3. The molecule has 0 unspecified atom stereocenters. The van der Waals surface area contributed by atoms with Gasteiger partial charge in [0.2, 0.25) is 0 Å². The highest BCUT2D eigenvalue weighted by Gasteiger charge is 2.31. The number of methoxy groups -OCH3 is 1. The Hall–Kier alpha value is -2.93. The number of hydrogen-bond donors (Lipinski definition) is 1. The van der Waals surface area contributed by atoms with Crippen LogP contribution in [0.25, 0.3) is 17.8 Å². The molecule has 1 atom stereocenters. The minimum atomic E-state index is 0.545. The van der Waals surface area contributed by atoms with E-state index in [9.17, 15) is 0 Å². The van der Waals surface area contributed by atoms with E-state index < -0.39 is 0 Å². The van der Waals surface area contributed by atoms with E-state index in [1.807, 2.05) is 29.8 Å². The van der Waals surface area contributed by atoms with Crippen molar-refractivity contribution in [1.29, 1.82) is 0 Å². The first-order valence-corrected chi connectivity index (χ1v) is 11.2. The van der Waals surface area contributed by atoms with E-state index in [4.69, 9.17) is 14.8 Å². The molecule has 31 heavy (non-hydrogen) atoms. The number of nitrogens with one attached hydrogen (secondary N) is 1. The summed E-state index contributed by atoms with van der Waals surface area (Å²) in [6.45, 7) is 5.20. The van der Waals surface area contributed by atoms with Gasteiger partial charge in [0.25, 0.3) is 0 Å². The minimum Gasteiger partial charge on any atom is -0.495 e. The lowest BCUT2D eigenvalue weighted by molar-refractivity contribution is 0.264. The monoisotopic (exact) mass is 418 g/mol. The predicted octanol–water partition coefficient (Wildman–Crippen LogP) is 3.83. The standard InChI is InChI=1S/C24H30N6O/c1-17-15-29(16-26-17)21-7-5-18(14-22(21)31-2)6-8-23-27-24-20(4-3-13-30(24)28-23)19-9-11-25-12-10-19/h5-8,14-16,19-20,25H,3-4,9-13H2,1-2H3/b8-6+/t20-/m0/s1. The molecule has 5 rings (SSSR count). The molecule has 1 aromatic carbocycles. The van der Waals surface area contributed by atoms with E-state index in [0.717, 1.165) is 54.1 Å². The molecule has 1 N–H and O–H groups in total. The Morgan fingerprint density at radius 1 is 1.16 bits per heavy atom. The molecule has 7 heteroatoms. The number of aromatic nitrogens is 5. The third-order valence-electron chi connectivity index (χ3n) is 6.50. The minimum absolute atomic E-state index is 0.545. The average Bonchev–Trinajstić information content (AvgIpc) is 3.43. The summed E-state index contributed by atoms with van der Waals surface area (Å²) in [5, 5.41) is 8.26. The van der Waals surface area contributed by atoms with Gasteiger partial charge in [-0.2, -0.15) is 5.10 Å². The normalized spacial score (nSPS) is 19.6. The van der Waals surface area contributed by atoms with Crippen molar-refractivity contribution in [3.05, 3.63) is 53.6 Å². The van der Waals surface area contributed by atoms with Crippen LogP contribution in [-0.4, -0.2) is 44.5 Å². The fourth-order valence-electron chi connectivity index (χ4n) is 4.90. The molecule has 4 heterocycles. The van der Waals surface area contributed by atoms with Crippen molar-refractivity contribution < 1.29 is 4.74 Å². The van der Waals surface area contributed by atoms with Gasteiger partial charge < -0.3 is 14.6 Å². The van der Waals surface area contributed by atoms with Crippen molar-refractivity contribution in [3.63, 3.8) is 0 Å².